The molecule has 1 aromatic heterocycles. The minimum absolute atomic E-state index is 0.00153. The van der Waals surface area contributed by atoms with E-state index < -0.39 is 27.2 Å². The molecule has 0 fully saturated rings. The number of nitro groups is 2. The van der Waals surface area contributed by atoms with Crippen LogP contribution in [0, 0.1) is 20.2 Å². The zero-order valence-electron chi connectivity index (χ0n) is 16.9. The van der Waals surface area contributed by atoms with E-state index in [9.17, 15) is 33.4 Å². The first-order valence-corrected chi connectivity index (χ1v) is 8.97. The zero-order chi connectivity index (χ0) is 22.4. The topological polar surface area (TPSA) is 106 Å². The summed E-state index contributed by atoms with van der Waals surface area (Å²) in [5.41, 5.74) is -5.59. The molecular formula is C17H26F3N5O4. The first-order chi connectivity index (χ1) is 13.4. The molecule has 0 radical (unpaired) electrons. The van der Waals surface area contributed by atoms with Gasteiger partial charge in [0.25, 0.3) is 0 Å². The van der Waals surface area contributed by atoms with Crippen molar-refractivity contribution < 1.29 is 23.0 Å². The van der Waals surface area contributed by atoms with E-state index in [0.29, 0.717) is 25.9 Å². The van der Waals surface area contributed by atoms with Crippen LogP contribution in [0.25, 0.3) is 0 Å². The van der Waals surface area contributed by atoms with Crippen LogP contribution in [0.15, 0.2) is 12.4 Å². The maximum atomic E-state index is 13.9. The van der Waals surface area contributed by atoms with Crippen LogP contribution >= 0.6 is 0 Å². The van der Waals surface area contributed by atoms with Gasteiger partial charge in [0, 0.05) is 12.4 Å². The Hall–Kier alpha value is -2.34. The fraction of sp³-hybridized carbons (Fsp3) is 0.706. The van der Waals surface area contributed by atoms with Crippen LogP contribution < -0.4 is 0 Å². The molecule has 0 aliphatic rings. The summed E-state index contributed by atoms with van der Waals surface area (Å²) in [6, 6.07) is 0. The highest BCUT2D eigenvalue weighted by atomic mass is 19.4. The number of aryl methyl sites for hydroxylation is 2. The Morgan fingerprint density at radius 1 is 0.897 bits per heavy atom. The quantitative estimate of drug-likeness (QED) is 0.307. The molecule has 9 nitrogen and oxygen atoms in total. The maximum absolute atomic E-state index is 13.9. The Labute approximate surface area is 166 Å². The van der Waals surface area contributed by atoms with E-state index in [-0.39, 0.29) is 24.0 Å². The van der Waals surface area contributed by atoms with Crippen LogP contribution in [0.5, 0.6) is 0 Å². The lowest BCUT2D eigenvalue weighted by Gasteiger charge is -2.24. The number of aromatic nitrogens is 1. The van der Waals surface area contributed by atoms with Gasteiger partial charge < -0.3 is 9.80 Å². The van der Waals surface area contributed by atoms with Crippen molar-refractivity contribution >= 4 is 0 Å². The maximum Gasteiger partial charge on any atom is 0.577 e. The van der Waals surface area contributed by atoms with Gasteiger partial charge in [0.05, 0.1) is 0 Å². The molecule has 0 aliphatic heterocycles. The Morgan fingerprint density at radius 2 is 1.28 bits per heavy atom. The van der Waals surface area contributed by atoms with Gasteiger partial charge in [0.1, 0.15) is 15.4 Å². The van der Waals surface area contributed by atoms with Gasteiger partial charge in [0.15, 0.2) is 0 Å². The van der Waals surface area contributed by atoms with Gasteiger partial charge >= 0.3 is 11.8 Å². The normalized spacial score (nSPS) is 12.6. The molecular weight excluding hydrogens is 395 g/mol. The summed E-state index contributed by atoms with van der Waals surface area (Å²) in [6.07, 6.45) is -2.86. The summed E-state index contributed by atoms with van der Waals surface area (Å²) in [4.78, 5) is 27.0. The van der Waals surface area contributed by atoms with E-state index in [2.05, 4.69) is 4.98 Å². The van der Waals surface area contributed by atoms with Crippen molar-refractivity contribution in [2.75, 3.05) is 41.3 Å². The largest absolute Gasteiger partial charge is 0.577 e. The highest BCUT2D eigenvalue weighted by molar-refractivity contribution is 5.37. The summed E-state index contributed by atoms with van der Waals surface area (Å²) >= 11 is 0. The van der Waals surface area contributed by atoms with Crippen LogP contribution in [0.2, 0.25) is 0 Å². The summed E-state index contributed by atoms with van der Waals surface area (Å²) < 4.78 is 41.7. The summed E-state index contributed by atoms with van der Waals surface area (Å²) in [5.74, 6) is 0. The average molecular weight is 421 g/mol. The van der Waals surface area contributed by atoms with Crippen LogP contribution in [-0.4, -0.2) is 72.1 Å². The van der Waals surface area contributed by atoms with Gasteiger partial charge in [-0.25, -0.2) is 0 Å². The van der Waals surface area contributed by atoms with Crippen molar-refractivity contribution in [3.05, 3.63) is 49.3 Å². The van der Waals surface area contributed by atoms with Crippen LogP contribution in [0.3, 0.4) is 0 Å². The number of hydrogen-bond donors (Lipinski definition) is 0. The van der Waals surface area contributed by atoms with Gasteiger partial charge in [-0.1, -0.05) is 0 Å². The van der Waals surface area contributed by atoms with Crippen molar-refractivity contribution in [3.8, 4) is 0 Å². The molecule has 0 aliphatic carbocycles. The average Bonchev–Trinajstić information content (AvgIpc) is 2.54. The first kappa shape index (κ1) is 24.7. The van der Waals surface area contributed by atoms with E-state index in [1.165, 1.54) is 0 Å². The smallest absolute Gasteiger partial charge is 0.309 e. The van der Waals surface area contributed by atoms with Crippen LogP contribution in [-0.2, 0) is 18.5 Å². The lowest BCUT2D eigenvalue weighted by atomic mass is 9.87. The number of rotatable bonds is 11. The monoisotopic (exact) mass is 421 g/mol. The van der Waals surface area contributed by atoms with E-state index in [1.54, 1.807) is 38.0 Å². The van der Waals surface area contributed by atoms with Gasteiger partial charge in [-0.2, -0.15) is 13.2 Å². The number of alkyl halides is 3. The lowest BCUT2D eigenvalue weighted by molar-refractivity contribution is -0.842. The summed E-state index contributed by atoms with van der Waals surface area (Å²) in [7, 11) is 7.07. The second kappa shape index (κ2) is 9.92. The van der Waals surface area contributed by atoms with Gasteiger partial charge in [-0.05, 0) is 78.1 Å². The third-order valence-corrected chi connectivity index (χ3v) is 4.48. The molecule has 1 aromatic rings. The van der Waals surface area contributed by atoms with E-state index in [1.807, 2.05) is 0 Å². The second-order valence-corrected chi connectivity index (χ2v) is 7.33. The second-order valence-electron chi connectivity index (χ2n) is 7.33. The summed E-state index contributed by atoms with van der Waals surface area (Å²) in [6.45, 7) is 1.00. The fourth-order valence-corrected chi connectivity index (χ4v) is 3.15. The predicted octanol–water partition coefficient (Wildman–Crippen LogP) is 2.34. The van der Waals surface area contributed by atoms with E-state index in [4.69, 9.17) is 0 Å². The van der Waals surface area contributed by atoms with Crippen molar-refractivity contribution in [3.63, 3.8) is 0 Å². The molecule has 29 heavy (non-hydrogen) atoms. The van der Waals surface area contributed by atoms with E-state index in [0.717, 1.165) is 12.4 Å². The van der Waals surface area contributed by atoms with Gasteiger partial charge in [0.2, 0.25) is 0 Å². The molecule has 1 heterocycles. The third-order valence-electron chi connectivity index (χ3n) is 4.48. The highest BCUT2D eigenvalue weighted by Crippen LogP contribution is 2.45. The number of pyridine rings is 1. The summed E-state index contributed by atoms with van der Waals surface area (Å²) in [5, 5.41) is 23.2. The Kier molecular flexibility index (Phi) is 8.45. The number of halogens is 3. The number of hydrogen-bond acceptors (Lipinski definition) is 7. The standard InChI is InChI=1S/C17H26F3N5O4/c1-22(2)9-5-7-13-11-21-12-14(8-6-10-23(3)4)15(13)16(24(26)27,25(28)29)17(18,19)20/h11-12H,5-10H2,1-4H3. The van der Waals surface area contributed by atoms with Crippen molar-refractivity contribution in [2.24, 2.45) is 0 Å². The number of nitrogens with zero attached hydrogens (tertiary/aromatic N) is 5. The Bertz CT molecular complexity index is 679. The molecule has 0 N–H and O–H groups in total. The molecule has 0 unspecified atom stereocenters. The fourth-order valence-electron chi connectivity index (χ4n) is 3.15. The molecule has 0 aromatic carbocycles. The molecule has 0 bridgehead atoms. The molecule has 0 atom stereocenters. The molecule has 0 spiro atoms. The Morgan fingerprint density at radius 3 is 1.55 bits per heavy atom. The SMILES string of the molecule is CN(C)CCCc1cncc(CCCN(C)C)c1C([N+](=O)[O-])([N+](=O)[O-])C(F)(F)F. The highest BCUT2D eigenvalue weighted by Gasteiger charge is 2.80. The molecule has 164 valence electrons. The molecule has 0 saturated carbocycles. The Balaban J connectivity index is 3.64. The van der Waals surface area contributed by atoms with Crippen LogP contribution in [0.4, 0.5) is 13.2 Å². The van der Waals surface area contributed by atoms with Crippen molar-refractivity contribution in [2.45, 2.75) is 37.5 Å². The van der Waals surface area contributed by atoms with Crippen molar-refractivity contribution in [1.82, 2.24) is 14.8 Å². The zero-order valence-corrected chi connectivity index (χ0v) is 16.9. The van der Waals surface area contributed by atoms with E-state index >= 15 is 0 Å². The van der Waals surface area contributed by atoms with Crippen molar-refractivity contribution in [1.29, 1.82) is 0 Å². The minimum Gasteiger partial charge on any atom is -0.309 e. The lowest BCUT2D eigenvalue weighted by Crippen LogP contribution is -2.56. The third kappa shape index (κ3) is 5.60. The van der Waals surface area contributed by atoms with Gasteiger partial charge in [-0.15, -0.1) is 0 Å². The molecule has 0 amide bonds. The first-order valence-electron chi connectivity index (χ1n) is 8.97. The van der Waals surface area contributed by atoms with Gasteiger partial charge in [-0.3, -0.25) is 25.2 Å². The molecule has 12 heteroatoms. The molecule has 1 rings (SSSR count). The minimum atomic E-state index is -5.73. The predicted molar refractivity (Wildman–Crippen MR) is 99.7 cm³/mol. The molecule has 0 saturated heterocycles. The van der Waals surface area contributed by atoms with Crippen LogP contribution in [0.1, 0.15) is 29.5 Å².